The Labute approximate surface area is 159 Å². The van der Waals surface area contributed by atoms with Crippen molar-refractivity contribution in [2.24, 2.45) is 0 Å². The molecular formula is C19H18N4OS2. The van der Waals surface area contributed by atoms with Gasteiger partial charge < -0.3 is 9.88 Å². The van der Waals surface area contributed by atoms with Crippen molar-refractivity contribution < 1.29 is 4.79 Å². The van der Waals surface area contributed by atoms with E-state index in [1.807, 2.05) is 56.4 Å². The quantitative estimate of drug-likeness (QED) is 0.517. The number of aromatic nitrogens is 3. The standard InChI is InChI=1S/C19H18N4OS2/c1-12(18-20-15-9-5-6-10-16(15)26-18)23(2)17(24)11-25-19-21-13-7-3-4-8-14(13)22-19/h3-10,12H,11H2,1-2H3,(H,21,22). The summed E-state index contributed by atoms with van der Waals surface area (Å²) in [5, 5.41) is 1.72. The zero-order valence-electron chi connectivity index (χ0n) is 14.5. The fourth-order valence-corrected chi connectivity index (χ4v) is 4.55. The predicted molar refractivity (Wildman–Crippen MR) is 108 cm³/mol. The van der Waals surface area contributed by atoms with Crippen molar-refractivity contribution in [1.82, 2.24) is 19.9 Å². The third-order valence-corrected chi connectivity index (χ3v) is 6.41. The molecule has 0 spiro atoms. The number of imidazole rings is 1. The first kappa shape index (κ1) is 17.1. The minimum absolute atomic E-state index is 0.0576. The Kier molecular flexibility index (Phi) is 4.65. The van der Waals surface area contributed by atoms with Crippen LogP contribution >= 0.6 is 23.1 Å². The third-order valence-electron chi connectivity index (χ3n) is 4.34. The summed E-state index contributed by atoms with van der Waals surface area (Å²) >= 11 is 3.06. The van der Waals surface area contributed by atoms with Crippen molar-refractivity contribution in [2.75, 3.05) is 12.8 Å². The van der Waals surface area contributed by atoms with Gasteiger partial charge in [0.15, 0.2) is 5.16 Å². The van der Waals surface area contributed by atoms with Crippen molar-refractivity contribution >= 4 is 50.3 Å². The average molecular weight is 383 g/mol. The SMILES string of the molecule is CC(c1nc2ccccc2s1)N(C)C(=O)CSc1nc2ccccc2[nH]1. The average Bonchev–Trinajstić information content (AvgIpc) is 3.28. The van der Waals surface area contributed by atoms with Crippen LogP contribution in [0.15, 0.2) is 53.7 Å². The second-order valence-corrected chi connectivity index (χ2v) is 8.07. The largest absolute Gasteiger partial charge is 0.336 e. The number of hydrogen-bond donors (Lipinski definition) is 1. The maximum absolute atomic E-state index is 12.6. The van der Waals surface area contributed by atoms with Gasteiger partial charge in [-0.3, -0.25) is 4.79 Å². The molecule has 26 heavy (non-hydrogen) atoms. The lowest BCUT2D eigenvalue weighted by Gasteiger charge is -2.22. The molecule has 132 valence electrons. The van der Waals surface area contributed by atoms with E-state index in [2.05, 4.69) is 21.0 Å². The molecule has 0 saturated carbocycles. The number of benzene rings is 2. The number of hydrogen-bond acceptors (Lipinski definition) is 5. The van der Waals surface area contributed by atoms with Gasteiger partial charge >= 0.3 is 0 Å². The van der Waals surface area contributed by atoms with Gasteiger partial charge in [0, 0.05) is 7.05 Å². The molecule has 7 heteroatoms. The molecule has 1 amide bonds. The van der Waals surface area contributed by atoms with Gasteiger partial charge in [0.2, 0.25) is 5.91 Å². The number of para-hydroxylation sites is 3. The minimum Gasteiger partial charge on any atom is -0.336 e. The molecule has 0 saturated heterocycles. The zero-order chi connectivity index (χ0) is 18.1. The Balaban J connectivity index is 1.43. The number of fused-ring (bicyclic) bond motifs is 2. The van der Waals surface area contributed by atoms with Gasteiger partial charge in [-0.25, -0.2) is 9.97 Å². The molecule has 1 atom stereocenters. The monoisotopic (exact) mass is 382 g/mol. The van der Waals surface area contributed by atoms with Gasteiger partial charge in [0.1, 0.15) is 5.01 Å². The smallest absolute Gasteiger partial charge is 0.233 e. The number of nitrogens with one attached hydrogen (secondary N) is 1. The van der Waals surface area contributed by atoms with E-state index in [1.54, 1.807) is 16.2 Å². The summed E-state index contributed by atoms with van der Waals surface area (Å²) in [7, 11) is 1.83. The first-order valence-electron chi connectivity index (χ1n) is 8.30. The van der Waals surface area contributed by atoms with Crippen LogP contribution in [-0.4, -0.2) is 38.6 Å². The van der Waals surface area contributed by atoms with E-state index in [4.69, 9.17) is 0 Å². The topological polar surface area (TPSA) is 61.9 Å². The number of carbonyl (C=O) groups excluding carboxylic acids is 1. The van der Waals surface area contributed by atoms with Crippen LogP contribution in [0.5, 0.6) is 0 Å². The van der Waals surface area contributed by atoms with Gasteiger partial charge in [0.25, 0.3) is 0 Å². The number of thiazole rings is 1. The number of rotatable bonds is 5. The molecule has 2 aromatic carbocycles. The summed E-state index contributed by atoms with van der Waals surface area (Å²) in [6, 6.07) is 15.8. The Morgan fingerprint density at radius 2 is 1.88 bits per heavy atom. The lowest BCUT2D eigenvalue weighted by atomic mass is 10.3. The molecule has 1 N–H and O–H groups in total. The van der Waals surface area contributed by atoms with Gasteiger partial charge in [-0.2, -0.15) is 0 Å². The van der Waals surface area contributed by atoms with Gasteiger partial charge in [-0.05, 0) is 31.2 Å². The molecule has 4 aromatic rings. The van der Waals surface area contributed by atoms with Gasteiger partial charge in [-0.15, -0.1) is 11.3 Å². The molecule has 0 aliphatic heterocycles. The molecule has 4 rings (SSSR count). The van der Waals surface area contributed by atoms with Crippen LogP contribution in [0, 0.1) is 0 Å². The highest BCUT2D eigenvalue weighted by Crippen LogP contribution is 2.29. The molecule has 0 aliphatic carbocycles. The molecule has 1 unspecified atom stereocenters. The molecule has 0 bridgehead atoms. The first-order chi connectivity index (χ1) is 12.6. The maximum atomic E-state index is 12.6. The molecule has 2 aromatic heterocycles. The fourth-order valence-electron chi connectivity index (χ4n) is 2.68. The van der Waals surface area contributed by atoms with E-state index in [1.165, 1.54) is 11.8 Å². The van der Waals surface area contributed by atoms with Crippen LogP contribution < -0.4 is 0 Å². The number of carbonyl (C=O) groups is 1. The van der Waals surface area contributed by atoms with Crippen LogP contribution in [0.4, 0.5) is 0 Å². The second kappa shape index (κ2) is 7.09. The van der Waals surface area contributed by atoms with E-state index >= 15 is 0 Å². The highest BCUT2D eigenvalue weighted by atomic mass is 32.2. The van der Waals surface area contributed by atoms with Crippen LogP contribution in [0.2, 0.25) is 0 Å². The van der Waals surface area contributed by atoms with Crippen molar-refractivity contribution in [3.05, 3.63) is 53.5 Å². The maximum Gasteiger partial charge on any atom is 0.233 e. The van der Waals surface area contributed by atoms with E-state index in [9.17, 15) is 4.79 Å². The van der Waals surface area contributed by atoms with Crippen molar-refractivity contribution in [3.8, 4) is 0 Å². The van der Waals surface area contributed by atoms with E-state index in [0.29, 0.717) is 5.75 Å². The highest BCUT2D eigenvalue weighted by molar-refractivity contribution is 7.99. The zero-order valence-corrected chi connectivity index (χ0v) is 16.1. The molecule has 0 radical (unpaired) electrons. The van der Waals surface area contributed by atoms with Gasteiger partial charge in [-0.1, -0.05) is 36.0 Å². The lowest BCUT2D eigenvalue weighted by Crippen LogP contribution is -2.31. The van der Waals surface area contributed by atoms with Crippen molar-refractivity contribution in [3.63, 3.8) is 0 Å². The van der Waals surface area contributed by atoms with Crippen LogP contribution in [0.1, 0.15) is 18.0 Å². The molecule has 5 nitrogen and oxygen atoms in total. The van der Waals surface area contributed by atoms with E-state index in [0.717, 1.165) is 31.4 Å². The van der Waals surface area contributed by atoms with Gasteiger partial charge in [0.05, 0.1) is 33.0 Å². The number of H-pyrrole nitrogens is 1. The summed E-state index contributed by atoms with van der Waals surface area (Å²) in [6.07, 6.45) is 0. The first-order valence-corrected chi connectivity index (χ1v) is 10.1. The summed E-state index contributed by atoms with van der Waals surface area (Å²) < 4.78 is 1.15. The summed E-state index contributed by atoms with van der Waals surface area (Å²) in [5.74, 6) is 0.396. The highest BCUT2D eigenvalue weighted by Gasteiger charge is 2.21. The summed E-state index contributed by atoms with van der Waals surface area (Å²) in [6.45, 7) is 2.02. The Bertz CT molecular complexity index is 1010. The van der Waals surface area contributed by atoms with Crippen LogP contribution in [-0.2, 0) is 4.79 Å². The molecular weight excluding hydrogens is 364 g/mol. The Morgan fingerprint density at radius 1 is 1.15 bits per heavy atom. The number of amides is 1. The minimum atomic E-state index is -0.0591. The Morgan fingerprint density at radius 3 is 2.65 bits per heavy atom. The van der Waals surface area contributed by atoms with Crippen LogP contribution in [0.3, 0.4) is 0 Å². The molecule has 2 heterocycles. The second-order valence-electron chi connectivity index (χ2n) is 6.05. The fraction of sp³-hybridized carbons (Fsp3) is 0.211. The summed E-state index contributed by atoms with van der Waals surface area (Å²) in [4.78, 5) is 26.8. The number of thioether (sulfide) groups is 1. The third kappa shape index (κ3) is 3.32. The normalized spacial score (nSPS) is 12.5. The number of aromatic amines is 1. The van der Waals surface area contributed by atoms with Crippen molar-refractivity contribution in [1.29, 1.82) is 0 Å². The number of nitrogens with zero attached hydrogens (tertiary/aromatic N) is 3. The van der Waals surface area contributed by atoms with E-state index in [-0.39, 0.29) is 11.9 Å². The summed E-state index contributed by atoms with van der Waals surface area (Å²) in [5.41, 5.74) is 2.88. The van der Waals surface area contributed by atoms with Crippen molar-refractivity contribution in [2.45, 2.75) is 18.1 Å². The lowest BCUT2D eigenvalue weighted by molar-refractivity contribution is -0.128. The molecule has 0 fully saturated rings. The van der Waals surface area contributed by atoms with Crippen LogP contribution in [0.25, 0.3) is 21.3 Å². The Hall–Kier alpha value is -2.38. The molecule has 0 aliphatic rings. The predicted octanol–water partition coefficient (Wildman–Crippen LogP) is 4.48. The van der Waals surface area contributed by atoms with E-state index < -0.39 is 0 Å².